The van der Waals surface area contributed by atoms with E-state index in [9.17, 15) is 34.8 Å². The molecular formula is C38H37NO11. The van der Waals surface area contributed by atoms with Gasteiger partial charge < -0.3 is 44.3 Å². The second kappa shape index (κ2) is 15.1. The van der Waals surface area contributed by atoms with E-state index in [1.54, 1.807) is 12.1 Å². The highest BCUT2D eigenvalue weighted by atomic mass is 16.7. The lowest BCUT2D eigenvalue weighted by Gasteiger charge is -2.41. The van der Waals surface area contributed by atoms with E-state index >= 15 is 0 Å². The zero-order valence-corrected chi connectivity index (χ0v) is 27.1. The highest BCUT2D eigenvalue weighted by Gasteiger charge is 2.50. The maximum Gasteiger partial charge on any atom is 0.335 e. The van der Waals surface area contributed by atoms with Crippen molar-refractivity contribution in [2.45, 2.75) is 62.2 Å². The van der Waals surface area contributed by atoms with Crippen molar-refractivity contribution in [1.29, 1.82) is 0 Å². The molecule has 0 saturated carbocycles. The van der Waals surface area contributed by atoms with Crippen LogP contribution in [0.15, 0.2) is 103 Å². The third-order valence-corrected chi connectivity index (χ3v) is 8.99. The number of esters is 1. The van der Waals surface area contributed by atoms with Crippen LogP contribution in [0.25, 0.3) is 0 Å². The van der Waals surface area contributed by atoms with Crippen LogP contribution in [-0.4, -0.2) is 87.0 Å². The van der Waals surface area contributed by atoms with Crippen molar-refractivity contribution in [2.24, 2.45) is 0 Å². The van der Waals surface area contributed by atoms with Gasteiger partial charge in [0.05, 0.1) is 13.0 Å². The first-order valence-electron chi connectivity index (χ1n) is 16.1. The van der Waals surface area contributed by atoms with Crippen LogP contribution in [0.1, 0.15) is 33.7 Å². The van der Waals surface area contributed by atoms with Gasteiger partial charge in [-0.25, -0.2) is 9.59 Å². The molecule has 1 fully saturated rings. The fourth-order valence-corrected chi connectivity index (χ4v) is 6.38. The molecule has 2 aliphatic rings. The van der Waals surface area contributed by atoms with Gasteiger partial charge in [0.15, 0.2) is 17.6 Å². The van der Waals surface area contributed by atoms with Crippen LogP contribution in [0.5, 0.6) is 11.5 Å². The molecule has 1 unspecified atom stereocenters. The van der Waals surface area contributed by atoms with Gasteiger partial charge in [0, 0.05) is 18.5 Å². The van der Waals surface area contributed by atoms with E-state index in [1.165, 1.54) is 12.0 Å². The Labute approximate surface area is 288 Å². The molecule has 2 aliphatic heterocycles. The number of fused-ring (bicyclic) bond motifs is 1. The fourth-order valence-electron chi connectivity index (χ4n) is 6.38. The van der Waals surface area contributed by atoms with E-state index in [1.807, 2.05) is 91.0 Å². The summed E-state index contributed by atoms with van der Waals surface area (Å²) in [7, 11) is 1.49. The first-order chi connectivity index (χ1) is 24.2. The molecule has 0 spiro atoms. The molecule has 12 heteroatoms. The Kier molecular flexibility index (Phi) is 10.4. The number of aliphatic hydroxyl groups is 3. The Morgan fingerprint density at radius 2 is 1.42 bits per heavy atom. The standard InChI is InChI=1S/C38H37NO11/c1-47-28-18-17-25-20-39(35(43)29(23-13-7-3-8-14-23)24-15-9-4-10-16-24)27(19-26(25)33(28)48-21-22-11-5-2-6-12-22)37(46)50-38-32(42)30(40)31(41)34(49-38)36(44)45/h2-18,27,29-32,34,38,40-42H,19-21H2,1H3,(H,44,45)/t27?,30-,31-,32+,34-,38-/m0/s1. The number of ether oxygens (including phenoxy) is 4. The van der Waals surface area contributed by atoms with Crippen LogP contribution < -0.4 is 9.47 Å². The van der Waals surface area contributed by atoms with Gasteiger partial charge in [-0.2, -0.15) is 0 Å². The highest BCUT2D eigenvalue weighted by Crippen LogP contribution is 2.41. The third kappa shape index (κ3) is 7.05. The van der Waals surface area contributed by atoms with Crippen molar-refractivity contribution in [3.63, 3.8) is 0 Å². The van der Waals surface area contributed by atoms with Gasteiger partial charge in [-0.05, 0) is 28.3 Å². The van der Waals surface area contributed by atoms with Crippen LogP contribution >= 0.6 is 0 Å². The summed E-state index contributed by atoms with van der Waals surface area (Å²) in [5.41, 5.74) is 3.56. The van der Waals surface area contributed by atoms with E-state index in [2.05, 4.69) is 0 Å². The zero-order chi connectivity index (χ0) is 35.4. The number of aliphatic hydroxyl groups excluding tert-OH is 3. The molecule has 4 aromatic rings. The van der Waals surface area contributed by atoms with Crippen LogP contribution in [-0.2, 0) is 43.4 Å². The number of methoxy groups -OCH3 is 1. The smallest absolute Gasteiger partial charge is 0.335 e. The lowest BCUT2D eigenvalue weighted by molar-refractivity contribution is -0.287. The van der Waals surface area contributed by atoms with Gasteiger partial charge in [0.1, 0.15) is 31.0 Å². The number of amides is 1. The molecule has 0 radical (unpaired) electrons. The lowest BCUT2D eigenvalue weighted by atomic mass is 9.86. The molecule has 12 nitrogen and oxygen atoms in total. The number of hydrogen-bond acceptors (Lipinski definition) is 10. The van der Waals surface area contributed by atoms with E-state index in [4.69, 9.17) is 18.9 Å². The predicted molar refractivity (Wildman–Crippen MR) is 177 cm³/mol. The summed E-state index contributed by atoms with van der Waals surface area (Å²) in [6.07, 6.45) is -10.00. The molecule has 6 rings (SSSR count). The summed E-state index contributed by atoms with van der Waals surface area (Å²) in [6, 6.07) is 29.9. The van der Waals surface area contributed by atoms with Gasteiger partial charge in [-0.3, -0.25) is 4.79 Å². The number of nitrogens with zero attached hydrogens (tertiary/aromatic N) is 1. The normalized spacial score (nSPS) is 23.1. The molecule has 0 aliphatic carbocycles. The van der Waals surface area contributed by atoms with Crippen LogP contribution in [0, 0.1) is 0 Å². The molecule has 50 heavy (non-hydrogen) atoms. The summed E-state index contributed by atoms with van der Waals surface area (Å²) in [5.74, 6) is -3.11. The van der Waals surface area contributed by atoms with Gasteiger partial charge in [0.2, 0.25) is 12.2 Å². The first kappa shape index (κ1) is 34.6. The van der Waals surface area contributed by atoms with E-state index in [0.717, 1.165) is 5.56 Å². The number of carbonyl (C=O) groups excluding carboxylic acids is 2. The van der Waals surface area contributed by atoms with Crippen molar-refractivity contribution in [3.8, 4) is 11.5 Å². The second-order valence-corrected chi connectivity index (χ2v) is 12.1. The van der Waals surface area contributed by atoms with Gasteiger partial charge in [-0.15, -0.1) is 0 Å². The molecule has 2 heterocycles. The molecule has 0 aromatic heterocycles. The summed E-state index contributed by atoms with van der Waals surface area (Å²) in [5, 5.41) is 40.7. The van der Waals surface area contributed by atoms with Crippen LogP contribution in [0.4, 0.5) is 0 Å². The second-order valence-electron chi connectivity index (χ2n) is 12.1. The van der Waals surface area contributed by atoms with Gasteiger partial charge >= 0.3 is 11.9 Å². The molecule has 260 valence electrons. The number of carboxylic acids is 1. The first-order valence-corrected chi connectivity index (χ1v) is 16.1. The predicted octanol–water partition coefficient (Wildman–Crippen LogP) is 2.80. The van der Waals surface area contributed by atoms with Gasteiger partial charge in [0.25, 0.3) is 0 Å². The Balaban J connectivity index is 1.40. The third-order valence-electron chi connectivity index (χ3n) is 8.99. The quantitative estimate of drug-likeness (QED) is 0.181. The highest BCUT2D eigenvalue weighted by molar-refractivity contribution is 5.92. The average molecular weight is 684 g/mol. The molecule has 6 atom stereocenters. The minimum Gasteiger partial charge on any atom is -0.493 e. The number of hydrogen-bond donors (Lipinski definition) is 4. The van der Waals surface area contributed by atoms with Crippen LogP contribution in [0.2, 0.25) is 0 Å². The SMILES string of the molecule is COc1ccc2c(c1OCc1ccccc1)CC(C(=O)O[C@@H]1O[C@H](C(=O)O)[C@@H](O)[C@H](O)[C@H]1O)N(C(=O)C(c1ccccc1)c1ccccc1)C2. The van der Waals surface area contributed by atoms with Crippen molar-refractivity contribution in [1.82, 2.24) is 4.90 Å². The maximum atomic E-state index is 14.8. The Morgan fingerprint density at radius 3 is 2.00 bits per heavy atom. The molecular weight excluding hydrogens is 646 g/mol. The molecule has 4 N–H and O–H groups in total. The minimum atomic E-state index is -1.99. The Bertz CT molecular complexity index is 1760. The lowest BCUT2D eigenvalue weighted by Crippen LogP contribution is -2.61. The number of aliphatic carboxylic acids is 1. The molecule has 1 saturated heterocycles. The number of rotatable bonds is 10. The van der Waals surface area contributed by atoms with Gasteiger partial charge in [-0.1, -0.05) is 97.1 Å². The molecule has 1 amide bonds. The van der Waals surface area contributed by atoms with Crippen molar-refractivity contribution >= 4 is 17.8 Å². The number of benzene rings is 4. The van der Waals surface area contributed by atoms with Crippen molar-refractivity contribution in [2.75, 3.05) is 7.11 Å². The summed E-state index contributed by atoms with van der Waals surface area (Å²) in [6.45, 7) is 0.150. The summed E-state index contributed by atoms with van der Waals surface area (Å²) in [4.78, 5) is 42.1. The fraction of sp³-hybridized carbons (Fsp3) is 0.289. The number of carboxylic acid groups (broad SMARTS) is 1. The molecule has 0 bridgehead atoms. The minimum absolute atomic E-state index is 0.0387. The maximum absolute atomic E-state index is 14.8. The molecule has 4 aromatic carbocycles. The number of carbonyl (C=O) groups is 3. The Morgan fingerprint density at radius 1 is 0.820 bits per heavy atom. The largest absolute Gasteiger partial charge is 0.493 e. The zero-order valence-electron chi connectivity index (χ0n) is 27.1. The van der Waals surface area contributed by atoms with Crippen molar-refractivity contribution in [3.05, 3.63) is 131 Å². The van der Waals surface area contributed by atoms with E-state index < -0.39 is 60.5 Å². The van der Waals surface area contributed by atoms with Crippen LogP contribution in [0.3, 0.4) is 0 Å². The summed E-state index contributed by atoms with van der Waals surface area (Å²) >= 11 is 0. The monoisotopic (exact) mass is 683 g/mol. The summed E-state index contributed by atoms with van der Waals surface area (Å²) < 4.78 is 22.7. The Hall–Kier alpha value is -5.27. The van der Waals surface area contributed by atoms with Crippen molar-refractivity contribution < 1.29 is 53.8 Å². The van der Waals surface area contributed by atoms with E-state index in [-0.39, 0.29) is 19.6 Å². The average Bonchev–Trinajstić information content (AvgIpc) is 3.14. The van der Waals surface area contributed by atoms with E-state index in [0.29, 0.717) is 33.8 Å². The topological polar surface area (TPSA) is 172 Å².